The molecule has 0 aliphatic carbocycles. The van der Waals surface area contributed by atoms with Gasteiger partial charge in [0.25, 0.3) is 5.91 Å². The third kappa shape index (κ3) is 5.13. The van der Waals surface area contributed by atoms with Crippen molar-refractivity contribution in [1.82, 2.24) is 5.32 Å². The van der Waals surface area contributed by atoms with Gasteiger partial charge in [-0.25, -0.2) is 9.59 Å². The Morgan fingerprint density at radius 2 is 1.75 bits per heavy atom. The van der Waals surface area contributed by atoms with E-state index in [1.165, 1.54) is 6.92 Å². The Bertz CT molecular complexity index is 871. The van der Waals surface area contributed by atoms with Crippen molar-refractivity contribution in [2.45, 2.75) is 13.0 Å². The highest BCUT2D eigenvalue weighted by Gasteiger charge is 2.19. The van der Waals surface area contributed by atoms with Crippen LogP contribution in [-0.4, -0.2) is 37.3 Å². The van der Waals surface area contributed by atoms with Gasteiger partial charge in [-0.15, -0.1) is 0 Å². The van der Waals surface area contributed by atoms with Crippen LogP contribution in [0.2, 0.25) is 0 Å². The number of nitrogens with one attached hydrogen (secondary N) is 3. The third-order valence-corrected chi connectivity index (χ3v) is 3.73. The van der Waals surface area contributed by atoms with Gasteiger partial charge >= 0.3 is 12.0 Å². The van der Waals surface area contributed by atoms with Gasteiger partial charge in [0.15, 0.2) is 18.1 Å². The van der Waals surface area contributed by atoms with Crippen LogP contribution in [0.1, 0.15) is 6.92 Å². The second-order valence-electron chi connectivity index (χ2n) is 5.91. The molecule has 1 aliphatic heterocycles. The van der Waals surface area contributed by atoms with E-state index in [2.05, 4.69) is 16.0 Å². The average molecular weight is 385 g/mol. The number of benzene rings is 2. The van der Waals surface area contributed by atoms with Crippen molar-refractivity contribution < 1.29 is 28.6 Å². The summed E-state index contributed by atoms with van der Waals surface area (Å²) >= 11 is 0. The maximum atomic E-state index is 12.0. The molecule has 2 aromatic carbocycles. The van der Waals surface area contributed by atoms with Gasteiger partial charge in [-0.1, -0.05) is 18.2 Å². The van der Waals surface area contributed by atoms with Crippen LogP contribution in [0.3, 0.4) is 0 Å². The van der Waals surface area contributed by atoms with E-state index in [4.69, 9.17) is 14.2 Å². The number of fused-ring (bicyclic) bond motifs is 1. The van der Waals surface area contributed by atoms with Crippen LogP contribution >= 0.6 is 0 Å². The fourth-order valence-corrected chi connectivity index (χ4v) is 2.38. The number of hydrogen-bond acceptors (Lipinski definition) is 6. The van der Waals surface area contributed by atoms with Gasteiger partial charge in [0, 0.05) is 17.4 Å². The van der Waals surface area contributed by atoms with Gasteiger partial charge in [0.1, 0.15) is 6.04 Å². The lowest BCUT2D eigenvalue weighted by molar-refractivity contribution is -0.148. The quantitative estimate of drug-likeness (QED) is 0.656. The van der Waals surface area contributed by atoms with E-state index in [0.717, 1.165) is 0 Å². The van der Waals surface area contributed by atoms with Crippen LogP contribution in [-0.2, 0) is 14.3 Å². The Hall–Kier alpha value is -3.75. The van der Waals surface area contributed by atoms with E-state index >= 15 is 0 Å². The zero-order chi connectivity index (χ0) is 19.9. The van der Waals surface area contributed by atoms with Crippen LogP contribution in [0.25, 0.3) is 0 Å². The number of hydrogen-bond donors (Lipinski definition) is 3. The Morgan fingerprint density at radius 3 is 2.54 bits per heavy atom. The molecular formula is C19H19N3O6. The van der Waals surface area contributed by atoms with Gasteiger partial charge in [-0.3, -0.25) is 4.79 Å². The predicted octanol–water partition coefficient (Wildman–Crippen LogP) is 2.11. The number of esters is 1. The van der Waals surface area contributed by atoms with Crippen molar-refractivity contribution in [3.05, 3.63) is 48.5 Å². The molecule has 9 nitrogen and oxygen atoms in total. The van der Waals surface area contributed by atoms with Crippen LogP contribution < -0.4 is 25.4 Å². The summed E-state index contributed by atoms with van der Waals surface area (Å²) in [5.41, 5.74) is 1.07. The third-order valence-electron chi connectivity index (χ3n) is 3.73. The number of carbonyl (C=O) groups excluding carboxylic acids is 3. The van der Waals surface area contributed by atoms with Crippen LogP contribution in [0.5, 0.6) is 11.5 Å². The summed E-state index contributed by atoms with van der Waals surface area (Å²) in [7, 11) is 0. The molecule has 0 radical (unpaired) electrons. The van der Waals surface area contributed by atoms with Crippen molar-refractivity contribution in [2.24, 2.45) is 0 Å². The molecule has 28 heavy (non-hydrogen) atoms. The molecule has 0 saturated heterocycles. The van der Waals surface area contributed by atoms with E-state index < -0.39 is 30.6 Å². The van der Waals surface area contributed by atoms with Crippen molar-refractivity contribution in [3.8, 4) is 11.5 Å². The molecule has 1 heterocycles. The van der Waals surface area contributed by atoms with Crippen molar-refractivity contribution >= 4 is 29.3 Å². The fourth-order valence-electron chi connectivity index (χ4n) is 2.38. The summed E-state index contributed by atoms with van der Waals surface area (Å²) in [5, 5.41) is 7.62. The van der Waals surface area contributed by atoms with Crippen molar-refractivity contribution in [3.63, 3.8) is 0 Å². The summed E-state index contributed by atoms with van der Waals surface area (Å²) in [6, 6.07) is 12.2. The smallest absolute Gasteiger partial charge is 0.328 e. The molecule has 0 fully saturated rings. The Morgan fingerprint density at radius 1 is 1.00 bits per heavy atom. The zero-order valence-corrected chi connectivity index (χ0v) is 15.1. The molecule has 3 N–H and O–H groups in total. The topological polar surface area (TPSA) is 115 Å². The first-order valence-electron chi connectivity index (χ1n) is 8.50. The van der Waals surface area contributed by atoms with Crippen LogP contribution in [0.4, 0.5) is 16.2 Å². The summed E-state index contributed by atoms with van der Waals surface area (Å²) in [5.74, 6) is -0.132. The minimum absolute atomic E-state index is 0.132. The first kappa shape index (κ1) is 19.0. The average Bonchev–Trinajstić information content (AvgIpc) is 3.14. The largest absolute Gasteiger partial charge is 0.454 e. The van der Waals surface area contributed by atoms with Crippen LogP contribution in [0.15, 0.2) is 48.5 Å². The maximum Gasteiger partial charge on any atom is 0.328 e. The molecule has 1 atom stereocenters. The van der Waals surface area contributed by atoms with Gasteiger partial charge in [-0.2, -0.15) is 0 Å². The van der Waals surface area contributed by atoms with Gasteiger partial charge in [-0.05, 0) is 31.2 Å². The van der Waals surface area contributed by atoms with E-state index in [9.17, 15) is 14.4 Å². The van der Waals surface area contributed by atoms with E-state index in [1.54, 1.807) is 42.5 Å². The molecule has 2 aromatic rings. The molecular weight excluding hydrogens is 366 g/mol. The maximum absolute atomic E-state index is 12.0. The van der Waals surface area contributed by atoms with E-state index in [1.807, 2.05) is 6.07 Å². The molecule has 0 bridgehead atoms. The summed E-state index contributed by atoms with van der Waals surface area (Å²) in [6.45, 7) is 1.11. The minimum atomic E-state index is -0.929. The number of para-hydroxylation sites is 1. The Balaban J connectivity index is 1.41. The summed E-state index contributed by atoms with van der Waals surface area (Å²) in [4.78, 5) is 35.8. The number of rotatable bonds is 6. The van der Waals surface area contributed by atoms with Crippen LogP contribution in [0, 0.1) is 0 Å². The highest BCUT2D eigenvalue weighted by atomic mass is 16.7. The first-order valence-corrected chi connectivity index (χ1v) is 8.50. The number of carbonyl (C=O) groups is 3. The lowest BCUT2D eigenvalue weighted by Gasteiger charge is -2.14. The second-order valence-corrected chi connectivity index (χ2v) is 5.91. The van der Waals surface area contributed by atoms with Gasteiger partial charge in [0.05, 0.1) is 0 Å². The molecule has 3 rings (SSSR count). The predicted molar refractivity (Wildman–Crippen MR) is 100 cm³/mol. The molecule has 9 heteroatoms. The molecule has 0 unspecified atom stereocenters. The summed E-state index contributed by atoms with van der Waals surface area (Å²) < 4.78 is 15.3. The SMILES string of the molecule is C[C@H](NC(=O)Nc1ccccc1)C(=O)OCC(=O)Nc1ccc2c(c1)OCO2. The number of ether oxygens (including phenoxy) is 3. The normalized spacial score (nSPS) is 12.6. The van der Waals surface area contributed by atoms with E-state index in [0.29, 0.717) is 22.9 Å². The standard InChI is InChI=1S/C19H19N3O6/c1-12(20-19(25)22-13-5-3-2-4-6-13)18(24)26-10-17(23)21-14-7-8-15-16(9-14)28-11-27-15/h2-9,12H,10-11H2,1H3,(H,21,23)(H2,20,22,25)/t12-/m0/s1. The molecule has 0 aromatic heterocycles. The number of urea groups is 1. The van der Waals surface area contributed by atoms with E-state index in [-0.39, 0.29) is 6.79 Å². The van der Waals surface area contributed by atoms with Gasteiger partial charge in [0.2, 0.25) is 6.79 Å². The number of anilines is 2. The fraction of sp³-hybridized carbons (Fsp3) is 0.211. The number of amides is 3. The lowest BCUT2D eigenvalue weighted by Crippen LogP contribution is -2.42. The first-order chi connectivity index (χ1) is 13.5. The molecule has 0 saturated carbocycles. The summed E-state index contributed by atoms with van der Waals surface area (Å²) in [6.07, 6.45) is 0. The highest BCUT2D eigenvalue weighted by Crippen LogP contribution is 2.34. The van der Waals surface area contributed by atoms with Gasteiger partial charge < -0.3 is 30.2 Å². The van der Waals surface area contributed by atoms with Crippen molar-refractivity contribution in [2.75, 3.05) is 24.0 Å². The zero-order valence-electron chi connectivity index (χ0n) is 15.1. The molecule has 1 aliphatic rings. The highest BCUT2D eigenvalue weighted by molar-refractivity contribution is 5.95. The van der Waals surface area contributed by atoms with Crippen molar-refractivity contribution in [1.29, 1.82) is 0 Å². The minimum Gasteiger partial charge on any atom is -0.454 e. The molecule has 0 spiro atoms. The molecule has 3 amide bonds. The molecule has 146 valence electrons. The Labute approximate surface area is 161 Å². The Kier molecular flexibility index (Phi) is 5.95. The lowest BCUT2D eigenvalue weighted by atomic mass is 10.3. The second kappa shape index (κ2) is 8.76. The monoisotopic (exact) mass is 385 g/mol.